The third kappa shape index (κ3) is 3.92. The second-order valence-corrected chi connectivity index (χ2v) is 5.48. The number of para-hydroxylation sites is 1. The zero-order valence-electron chi connectivity index (χ0n) is 11.4. The Kier molecular flexibility index (Phi) is 4.78. The SMILES string of the molecule is CCCC1CCC(C(F)(F)Oc2ccccc2)CC1. The van der Waals surface area contributed by atoms with Crippen LogP contribution in [0.25, 0.3) is 0 Å². The van der Waals surface area contributed by atoms with Gasteiger partial charge >= 0.3 is 6.11 Å². The number of hydrogen-bond acceptors (Lipinski definition) is 1. The lowest BCUT2D eigenvalue weighted by Crippen LogP contribution is -2.37. The molecule has 106 valence electrons. The van der Waals surface area contributed by atoms with Crippen LogP contribution in [-0.2, 0) is 0 Å². The van der Waals surface area contributed by atoms with Gasteiger partial charge in [0.25, 0.3) is 0 Å². The van der Waals surface area contributed by atoms with E-state index >= 15 is 0 Å². The molecule has 0 N–H and O–H groups in total. The Hall–Kier alpha value is -1.12. The highest BCUT2D eigenvalue weighted by atomic mass is 19.3. The minimum absolute atomic E-state index is 0.253. The molecule has 0 radical (unpaired) electrons. The Morgan fingerprint density at radius 2 is 1.74 bits per heavy atom. The maximum absolute atomic E-state index is 14.1. The largest absolute Gasteiger partial charge is 0.432 e. The summed E-state index contributed by atoms with van der Waals surface area (Å²) in [4.78, 5) is 0. The number of benzene rings is 1. The molecule has 0 saturated heterocycles. The Labute approximate surface area is 114 Å². The van der Waals surface area contributed by atoms with Gasteiger partial charge in [0, 0.05) is 0 Å². The average Bonchev–Trinajstić information content (AvgIpc) is 2.40. The van der Waals surface area contributed by atoms with Crippen molar-refractivity contribution in [2.24, 2.45) is 11.8 Å². The maximum Gasteiger partial charge on any atom is 0.400 e. The first kappa shape index (κ1) is 14.3. The van der Waals surface area contributed by atoms with Crippen LogP contribution in [0.3, 0.4) is 0 Å². The van der Waals surface area contributed by atoms with Gasteiger partial charge in [0.15, 0.2) is 0 Å². The first-order valence-corrected chi connectivity index (χ1v) is 7.23. The van der Waals surface area contributed by atoms with Crippen molar-refractivity contribution in [3.8, 4) is 5.75 Å². The fourth-order valence-electron chi connectivity index (χ4n) is 2.92. The molecular weight excluding hydrogens is 246 g/mol. The number of halogens is 2. The minimum atomic E-state index is -3.04. The summed E-state index contributed by atoms with van der Waals surface area (Å²) in [5.74, 6) is 0.248. The van der Waals surface area contributed by atoms with E-state index in [2.05, 4.69) is 6.92 Å². The molecular formula is C16H22F2O. The number of alkyl halides is 2. The zero-order chi connectivity index (χ0) is 13.7. The van der Waals surface area contributed by atoms with Crippen molar-refractivity contribution in [3.63, 3.8) is 0 Å². The lowest BCUT2D eigenvalue weighted by Gasteiger charge is -2.33. The zero-order valence-corrected chi connectivity index (χ0v) is 11.4. The summed E-state index contributed by atoms with van der Waals surface area (Å²) in [5.41, 5.74) is 0. The Morgan fingerprint density at radius 1 is 1.11 bits per heavy atom. The molecule has 2 rings (SSSR count). The van der Waals surface area contributed by atoms with E-state index in [0.717, 1.165) is 25.7 Å². The van der Waals surface area contributed by atoms with Gasteiger partial charge in [-0.15, -0.1) is 0 Å². The Bertz CT molecular complexity index is 370. The van der Waals surface area contributed by atoms with E-state index in [1.165, 1.54) is 0 Å². The lowest BCUT2D eigenvalue weighted by molar-refractivity contribution is -0.223. The van der Waals surface area contributed by atoms with Crippen LogP contribution >= 0.6 is 0 Å². The van der Waals surface area contributed by atoms with Crippen LogP contribution in [0.2, 0.25) is 0 Å². The summed E-state index contributed by atoms with van der Waals surface area (Å²) in [7, 11) is 0. The van der Waals surface area contributed by atoms with Crippen molar-refractivity contribution in [3.05, 3.63) is 30.3 Å². The maximum atomic E-state index is 14.1. The first-order valence-electron chi connectivity index (χ1n) is 7.23. The van der Waals surface area contributed by atoms with Gasteiger partial charge in [-0.2, -0.15) is 8.78 Å². The molecule has 1 aliphatic carbocycles. The van der Waals surface area contributed by atoms with Crippen LogP contribution in [0.5, 0.6) is 5.75 Å². The summed E-state index contributed by atoms with van der Waals surface area (Å²) in [6.45, 7) is 2.15. The summed E-state index contributed by atoms with van der Waals surface area (Å²) in [6, 6.07) is 8.38. The molecule has 0 amide bonds. The fourth-order valence-corrected chi connectivity index (χ4v) is 2.92. The molecule has 0 bridgehead atoms. The molecule has 0 unspecified atom stereocenters. The van der Waals surface area contributed by atoms with Gasteiger partial charge in [0.1, 0.15) is 5.75 Å². The second-order valence-electron chi connectivity index (χ2n) is 5.48. The van der Waals surface area contributed by atoms with Gasteiger partial charge in [-0.3, -0.25) is 0 Å². The molecule has 1 aliphatic rings. The van der Waals surface area contributed by atoms with E-state index in [9.17, 15) is 8.78 Å². The molecule has 0 aliphatic heterocycles. The van der Waals surface area contributed by atoms with Crippen LogP contribution < -0.4 is 4.74 Å². The quantitative estimate of drug-likeness (QED) is 0.707. The van der Waals surface area contributed by atoms with Crippen LogP contribution in [-0.4, -0.2) is 6.11 Å². The fraction of sp³-hybridized carbons (Fsp3) is 0.625. The highest BCUT2D eigenvalue weighted by molar-refractivity contribution is 5.21. The van der Waals surface area contributed by atoms with Crippen molar-refractivity contribution >= 4 is 0 Å². The molecule has 0 aromatic heterocycles. The highest BCUT2D eigenvalue weighted by Crippen LogP contribution is 2.40. The van der Waals surface area contributed by atoms with E-state index in [1.54, 1.807) is 30.3 Å². The topological polar surface area (TPSA) is 9.23 Å². The van der Waals surface area contributed by atoms with Crippen LogP contribution in [0.1, 0.15) is 45.4 Å². The van der Waals surface area contributed by atoms with Crippen molar-refractivity contribution in [2.75, 3.05) is 0 Å². The third-order valence-corrected chi connectivity index (χ3v) is 4.02. The van der Waals surface area contributed by atoms with Crippen LogP contribution in [0.15, 0.2) is 30.3 Å². The second kappa shape index (κ2) is 6.36. The molecule has 1 aromatic rings. The third-order valence-electron chi connectivity index (χ3n) is 4.02. The summed E-state index contributed by atoms with van der Waals surface area (Å²) < 4.78 is 33.1. The van der Waals surface area contributed by atoms with Gasteiger partial charge in [-0.1, -0.05) is 38.0 Å². The lowest BCUT2D eigenvalue weighted by atomic mass is 9.79. The van der Waals surface area contributed by atoms with E-state index < -0.39 is 12.0 Å². The smallest absolute Gasteiger partial charge is 0.400 e. The Balaban J connectivity index is 1.90. The standard InChI is InChI=1S/C16H22F2O/c1-2-6-13-9-11-14(12-10-13)16(17,18)19-15-7-4-3-5-8-15/h3-5,7-8,13-14H,2,6,9-12H2,1H3. The van der Waals surface area contributed by atoms with Gasteiger partial charge in [0.05, 0.1) is 5.92 Å². The van der Waals surface area contributed by atoms with Gasteiger partial charge in [-0.25, -0.2) is 0 Å². The predicted molar refractivity (Wildman–Crippen MR) is 72.4 cm³/mol. The van der Waals surface area contributed by atoms with Gasteiger partial charge in [0.2, 0.25) is 0 Å². The average molecular weight is 268 g/mol. The molecule has 0 atom stereocenters. The van der Waals surface area contributed by atoms with Gasteiger partial charge in [-0.05, 0) is 43.7 Å². The van der Waals surface area contributed by atoms with E-state index in [1.807, 2.05) is 0 Å². The minimum Gasteiger partial charge on any atom is -0.432 e. The molecule has 1 fully saturated rings. The van der Waals surface area contributed by atoms with Crippen molar-refractivity contribution < 1.29 is 13.5 Å². The van der Waals surface area contributed by atoms with Crippen molar-refractivity contribution in [1.29, 1.82) is 0 Å². The number of rotatable bonds is 5. The molecule has 1 aromatic carbocycles. The summed E-state index contributed by atoms with van der Waals surface area (Å²) >= 11 is 0. The monoisotopic (exact) mass is 268 g/mol. The van der Waals surface area contributed by atoms with E-state index in [0.29, 0.717) is 18.8 Å². The molecule has 19 heavy (non-hydrogen) atoms. The number of ether oxygens (including phenoxy) is 1. The predicted octanol–water partition coefficient (Wildman–Crippen LogP) is 5.26. The summed E-state index contributed by atoms with van der Waals surface area (Å²) in [5, 5.41) is 0. The van der Waals surface area contributed by atoms with Crippen molar-refractivity contribution in [1.82, 2.24) is 0 Å². The number of hydrogen-bond donors (Lipinski definition) is 0. The first-order chi connectivity index (χ1) is 9.12. The van der Waals surface area contributed by atoms with Crippen LogP contribution in [0, 0.1) is 11.8 Å². The molecule has 0 spiro atoms. The molecule has 0 heterocycles. The van der Waals surface area contributed by atoms with Crippen LogP contribution in [0.4, 0.5) is 8.78 Å². The highest BCUT2D eigenvalue weighted by Gasteiger charge is 2.43. The summed E-state index contributed by atoms with van der Waals surface area (Å²) in [6.07, 6.45) is 2.23. The normalized spacial score (nSPS) is 24.2. The Morgan fingerprint density at radius 3 is 2.32 bits per heavy atom. The molecule has 3 heteroatoms. The van der Waals surface area contributed by atoms with E-state index in [-0.39, 0.29) is 5.75 Å². The molecule has 1 saturated carbocycles. The van der Waals surface area contributed by atoms with Crippen molar-refractivity contribution in [2.45, 2.75) is 51.6 Å². The van der Waals surface area contributed by atoms with Gasteiger partial charge < -0.3 is 4.74 Å². The molecule has 1 nitrogen and oxygen atoms in total. The van der Waals surface area contributed by atoms with E-state index in [4.69, 9.17) is 4.74 Å².